The van der Waals surface area contributed by atoms with Gasteiger partial charge in [-0.15, -0.1) is 6.58 Å². The van der Waals surface area contributed by atoms with Crippen LogP contribution in [0.3, 0.4) is 0 Å². The van der Waals surface area contributed by atoms with Gasteiger partial charge in [0.1, 0.15) is 0 Å². The van der Waals surface area contributed by atoms with Crippen LogP contribution in [0.1, 0.15) is 12.8 Å². The van der Waals surface area contributed by atoms with Gasteiger partial charge < -0.3 is 0 Å². The summed E-state index contributed by atoms with van der Waals surface area (Å²) in [5.74, 6) is 2.79. The molecule has 0 saturated carbocycles. The third kappa shape index (κ3) is 3.58. The van der Waals surface area contributed by atoms with Crippen LogP contribution >= 0.6 is 23.5 Å². The predicted octanol–water partition coefficient (Wildman–Crippen LogP) is 3.42. The summed E-state index contributed by atoms with van der Waals surface area (Å²) in [7, 11) is -0.0982. The molecular formula is C9H17S2Si. The van der Waals surface area contributed by atoms with Crippen molar-refractivity contribution in [2.24, 2.45) is 0 Å². The van der Waals surface area contributed by atoms with Crippen molar-refractivity contribution in [3.8, 4) is 0 Å². The maximum Gasteiger partial charge on any atom is 0.0740 e. The normalized spacial score (nSPS) is 19.8. The van der Waals surface area contributed by atoms with E-state index in [9.17, 15) is 0 Å². The highest BCUT2D eigenvalue weighted by Crippen LogP contribution is 2.33. The Morgan fingerprint density at radius 3 is 2.75 bits per heavy atom. The zero-order valence-corrected chi connectivity index (χ0v) is 10.3. The Bertz CT molecular complexity index is 132. The van der Waals surface area contributed by atoms with E-state index in [1.54, 1.807) is 0 Å². The topological polar surface area (TPSA) is 0 Å². The summed E-state index contributed by atoms with van der Waals surface area (Å²) in [6.45, 7) is 6.26. The third-order valence-electron chi connectivity index (χ3n) is 1.97. The number of allylic oxidation sites excluding steroid dienone is 1. The Morgan fingerprint density at radius 2 is 2.17 bits per heavy atom. The van der Waals surface area contributed by atoms with Crippen LogP contribution in [-0.4, -0.2) is 24.5 Å². The SMILES string of the molecule is C=CCC[Si](C)C1SCCCS1. The van der Waals surface area contributed by atoms with Crippen molar-refractivity contribution in [3.05, 3.63) is 12.7 Å². The molecule has 69 valence electrons. The maximum atomic E-state index is 3.78. The first kappa shape index (κ1) is 10.7. The van der Waals surface area contributed by atoms with Crippen LogP contribution < -0.4 is 0 Å². The van der Waals surface area contributed by atoms with Gasteiger partial charge >= 0.3 is 0 Å². The van der Waals surface area contributed by atoms with Gasteiger partial charge in [-0.05, 0) is 24.3 Å². The molecule has 0 aromatic rings. The molecule has 1 aliphatic heterocycles. The second-order valence-corrected chi connectivity index (χ2v) is 9.43. The van der Waals surface area contributed by atoms with E-state index >= 15 is 0 Å². The molecule has 0 aromatic carbocycles. The van der Waals surface area contributed by atoms with Crippen molar-refractivity contribution in [2.75, 3.05) is 11.5 Å². The fourth-order valence-electron chi connectivity index (χ4n) is 1.22. The minimum absolute atomic E-state index is 0.0982. The van der Waals surface area contributed by atoms with Gasteiger partial charge in [0.05, 0.1) is 8.80 Å². The Kier molecular flexibility index (Phi) is 5.51. The van der Waals surface area contributed by atoms with E-state index in [1.807, 2.05) is 0 Å². The average molecular weight is 217 g/mol. The van der Waals surface area contributed by atoms with Crippen molar-refractivity contribution in [1.82, 2.24) is 0 Å². The van der Waals surface area contributed by atoms with Crippen LogP contribution in [0.4, 0.5) is 0 Å². The molecule has 0 amide bonds. The monoisotopic (exact) mass is 217 g/mol. The van der Waals surface area contributed by atoms with Gasteiger partial charge in [0.25, 0.3) is 0 Å². The van der Waals surface area contributed by atoms with Crippen molar-refractivity contribution < 1.29 is 0 Å². The molecule has 0 spiro atoms. The number of thioether (sulfide) groups is 2. The number of hydrogen-bond donors (Lipinski definition) is 0. The van der Waals surface area contributed by atoms with Crippen LogP contribution in [0.25, 0.3) is 0 Å². The molecule has 3 heteroatoms. The van der Waals surface area contributed by atoms with E-state index in [4.69, 9.17) is 0 Å². The fourth-order valence-corrected chi connectivity index (χ4v) is 8.00. The lowest BCUT2D eigenvalue weighted by molar-refractivity contribution is 1.11. The molecule has 0 nitrogen and oxygen atoms in total. The number of hydrogen-bond acceptors (Lipinski definition) is 2. The molecule has 1 rings (SSSR count). The van der Waals surface area contributed by atoms with Gasteiger partial charge in [-0.2, -0.15) is 23.5 Å². The van der Waals surface area contributed by atoms with E-state index in [2.05, 4.69) is 42.7 Å². The Balaban J connectivity index is 2.19. The zero-order valence-electron chi connectivity index (χ0n) is 7.71. The molecule has 12 heavy (non-hydrogen) atoms. The van der Waals surface area contributed by atoms with E-state index in [0.717, 1.165) is 4.21 Å². The molecule has 0 N–H and O–H groups in total. The minimum atomic E-state index is -0.0982. The van der Waals surface area contributed by atoms with Gasteiger partial charge in [0.15, 0.2) is 0 Å². The van der Waals surface area contributed by atoms with Crippen LogP contribution in [-0.2, 0) is 0 Å². The smallest absolute Gasteiger partial charge is 0.0740 e. The van der Waals surface area contributed by atoms with Crippen LogP contribution in [0, 0.1) is 0 Å². The van der Waals surface area contributed by atoms with E-state index in [-0.39, 0.29) is 8.80 Å². The molecule has 1 heterocycles. The Morgan fingerprint density at radius 1 is 1.50 bits per heavy atom. The lowest BCUT2D eigenvalue weighted by Crippen LogP contribution is -2.24. The second-order valence-electron chi connectivity index (χ2n) is 3.10. The molecule has 1 saturated heterocycles. The lowest BCUT2D eigenvalue weighted by atomic mass is 10.5. The van der Waals surface area contributed by atoms with Crippen molar-refractivity contribution >= 4 is 32.3 Å². The van der Waals surface area contributed by atoms with E-state index < -0.39 is 0 Å². The molecule has 1 aliphatic rings. The zero-order chi connectivity index (χ0) is 8.81. The first-order valence-corrected chi connectivity index (χ1v) is 8.89. The molecule has 1 fully saturated rings. The highest BCUT2D eigenvalue weighted by molar-refractivity contribution is 8.19. The summed E-state index contributed by atoms with van der Waals surface area (Å²) in [5, 5.41) is 0. The van der Waals surface area contributed by atoms with Gasteiger partial charge in [-0.25, -0.2) is 0 Å². The number of rotatable bonds is 4. The first-order valence-electron chi connectivity index (χ1n) is 4.51. The largest absolute Gasteiger partial charge is 0.151 e. The van der Waals surface area contributed by atoms with Gasteiger partial charge in [0.2, 0.25) is 0 Å². The standard InChI is InChI=1S/C9H17S2Si/c1-3-4-8-12(2)9-10-6-5-7-11-9/h3,9H,1,4-8H2,2H3. The molecule has 1 radical (unpaired) electrons. The Labute approximate surface area is 86.2 Å². The quantitative estimate of drug-likeness (QED) is 0.523. The molecule has 0 unspecified atom stereocenters. The van der Waals surface area contributed by atoms with E-state index in [0.29, 0.717) is 0 Å². The molecule has 0 aliphatic carbocycles. The van der Waals surface area contributed by atoms with Crippen molar-refractivity contribution in [3.63, 3.8) is 0 Å². The highest BCUT2D eigenvalue weighted by Gasteiger charge is 2.21. The first-order chi connectivity index (χ1) is 5.84. The highest BCUT2D eigenvalue weighted by atomic mass is 32.2. The van der Waals surface area contributed by atoms with Crippen LogP contribution in [0.15, 0.2) is 12.7 Å². The summed E-state index contributed by atoms with van der Waals surface area (Å²) >= 11 is 4.39. The summed E-state index contributed by atoms with van der Waals surface area (Å²) in [5.41, 5.74) is 0. The van der Waals surface area contributed by atoms with Crippen LogP contribution in [0.5, 0.6) is 0 Å². The predicted molar refractivity (Wildman–Crippen MR) is 64.6 cm³/mol. The summed E-state index contributed by atoms with van der Waals surface area (Å²) in [6, 6.07) is 1.42. The minimum Gasteiger partial charge on any atom is -0.151 e. The van der Waals surface area contributed by atoms with Gasteiger partial charge in [0, 0.05) is 4.21 Å². The van der Waals surface area contributed by atoms with E-state index in [1.165, 1.54) is 30.4 Å². The van der Waals surface area contributed by atoms with Crippen molar-refractivity contribution in [2.45, 2.75) is 29.6 Å². The summed E-state index contributed by atoms with van der Waals surface area (Å²) < 4.78 is 0.962. The fraction of sp³-hybridized carbons (Fsp3) is 0.778. The molecular weight excluding hydrogens is 200 g/mol. The second kappa shape index (κ2) is 6.16. The van der Waals surface area contributed by atoms with Crippen LogP contribution in [0.2, 0.25) is 12.6 Å². The third-order valence-corrected chi connectivity index (χ3v) is 9.74. The molecule has 0 aromatic heterocycles. The molecule has 0 bridgehead atoms. The summed E-state index contributed by atoms with van der Waals surface area (Å²) in [4.78, 5) is 0. The summed E-state index contributed by atoms with van der Waals surface area (Å²) in [6.07, 6.45) is 4.71. The lowest BCUT2D eigenvalue weighted by Gasteiger charge is -2.25. The Hall–Kier alpha value is 0.657. The maximum absolute atomic E-state index is 3.78. The van der Waals surface area contributed by atoms with Gasteiger partial charge in [-0.1, -0.05) is 18.7 Å². The molecule has 0 atom stereocenters. The average Bonchev–Trinajstić information content (AvgIpc) is 2.15. The van der Waals surface area contributed by atoms with Crippen molar-refractivity contribution in [1.29, 1.82) is 0 Å². The van der Waals surface area contributed by atoms with Gasteiger partial charge in [-0.3, -0.25) is 0 Å².